The topological polar surface area (TPSA) is 34.4 Å². The lowest BCUT2D eigenvalue weighted by molar-refractivity contribution is 0.403. The van der Waals surface area contributed by atoms with E-state index in [0.29, 0.717) is 5.22 Å². The maximum atomic E-state index is 6.11. The molecule has 0 bridgehead atoms. The summed E-state index contributed by atoms with van der Waals surface area (Å²) in [4.78, 5) is 0. The summed E-state index contributed by atoms with van der Waals surface area (Å²) in [5.41, 5.74) is 1.99. The Hall–Kier alpha value is -1.45. The van der Waals surface area contributed by atoms with E-state index in [1.807, 2.05) is 30.3 Å². The molecule has 0 spiro atoms. The number of ether oxygens (including phenoxy) is 1. The molecule has 19 heavy (non-hydrogen) atoms. The monoisotopic (exact) mass is 279 g/mol. The zero-order valence-corrected chi connectivity index (χ0v) is 11.9. The van der Waals surface area contributed by atoms with Crippen LogP contribution in [-0.2, 0) is 0 Å². The molecule has 1 aromatic carbocycles. The van der Waals surface area contributed by atoms with Crippen LogP contribution in [0.15, 0.2) is 41.0 Å². The van der Waals surface area contributed by atoms with Crippen molar-refractivity contribution in [3.8, 4) is 5.75 Å². The largest absolute Gasteiger partial charge is 0.496 e. The van der Waals surface area contributed by atoms with Gasteiger partial charge < -0.3 is 14.5 Å². The van der Waals surface area contributed by atoms with E-state index >= 15 is 0 Å². The number of benzene rings is 1. The minimum Gasteiger partial charge on any atom is -0.496 e. The lowest BCUT2D eigenvalue weighted by Crippen LogP contribution is -2.23. The van der Waals surface area contributed by atoms with Crippen LogP contribution in [0.4, 0.5) is 0 Å². The maximum Gasteiger partial charge on any atom is 0.198 e. The molecule has 0 aliphatic heterocycles. The summed E-state index contributed by atoms with van der Waals surface area (Å²) in [6, 6.07) is 9.80. The summed E-state index contributed by atoms with van der Waals surface area (Å²) in [5, 5.41) is 3.90. The van der Waals surface area contributed by atoms with Gasteiger partial charge in [-0.15, -0.1) is 0 Å². The molecule has 0 saturated carbocycles. The van der Waals surface area contributed by atoms with Gasteiger partial charge in [-0.1, -0.05) is 25.1 Å². The Morgan fingerprint density at radius 3 is 2.68 bits per heavy atom. The number of hydrogen-bond donors (Lipinski definition) is 1. The molecule has 0 saturated heterocycles. The third-order valence-electron chi connectivity index (χ3n) is 3.01. The van der Waals surface area contributed by atoms with Gasteiger partial charge in [-0.25, -0.2) is 0 Å². The van der Waals surface area contributed by atoms with Crippen molar-refractivity contribution in [2.45, 2.75) is 19.4 Å². The Bertz CT molecular complexity index is 524. The van der Waals surface area contributed by atoms with Gasteiger partial charge in [0.05, 0.1) is 19.4 Å². The van der Waals surface area contributed by atoms with Crippen molar-refractivity contribution in [2.75, 3.05) is 13.7 Å². The zero-order valence-electron chi connectivity index (χ0n) is 11.2. The van der Waals surface area contributed by atoms with Crippen LogP contribution in [0, 0.1) is 0 Å². The van der Waals surface area contributed by atoms with E-state index in [2.05, 4.69) is 12.2 Å². The molecule has 3 nitrogen and oxygen atoms in total. The average molecular weight is 280 g/mol. The Kier molecular flexibility index (Phi) is 4.88. The molecule has 2 rings (SSSR count). The molecule has 0 amide bonds. The summed E-state index contributed by atoms with van der Waals surface area (Å²) < 4.78 is 10.6. The highest BCUT2D eigenvalue weighted by Crippen LogP contribution is 2.33. The lowest BCUT2D eigenvalue weighted by atomic mass is 10.00. The highest BCUT2D eigenvalue weighted by molar-refractivity contribution is 6.29. The first-order valence-electron chi connectivity index (χ1n) is 6.37. The van der Waals surface area contributed by atoms with Gasteiger partial charge in [0.2, 0.25) is 0 Å². The smallest absolute Gasteiger partial charge is 0.198 e. The van der Waals surface area contributed by atoms with Crippen LogP contribution in [0.3, 0.4) is 0 Å². The molecular weight excluding hydrogens is 262 g/mol. The van der Waals surface area contributed by atoms with Crippen LogP contribution in [0.25, 0.3) is 0 Å². The van der Waals surface area contributed by atoms with Gasteiger partial charge >= 0.3 is 0 Å². The minimum absolute atomic E-state index is 0.0256. The molecule has 0 fully saturated rings. The first-order chi connectivity index (χ1) is 9.27. The van der Waals surface area contributed by atoms with Crippen molar-refractivity contribution >= 4 is 11.6 Å². The van der Waals surface area contributed by atoms with E-state index < -0.39 is 0 Å². The quantitative estimate of drug-likeness (QED) is 0.867. The van der Waals surface area contributed by atoms with Crippen LogP contribution in [0.5, 0.6) is 5.75 Å². The Morgan fingerprint density at radius 2 is 2.05 bits per heavy atom. The SMILES string of the molecule is CCCNC(c1ccccc1OC)c1ccoc1Cl. The van der Waals surface area contributed by atoms with Gasteiger partial charge in [-0.05, 0) is 36.7 Å². The summed E-state index contributed by atoms with van der Waals surface area (Å²) >= 11 is 6.11. The van der Waals surface area contributed by atoms with Gasteiger partial charge in [-0.2, -0.15) is 0 Å². The fourth-order valence-electron chi connectivity index (χ4n) is 2.09. The highest BCUT2D eigenvalue weighted by Gasteiger charge is 2.21. The number of methoxy groups -OCH3 is 1. The number of halogens is 1. The van der Waals surface area contributed by atoms with Crippen molar-refractivity contribution in [2.24, 2.45) is 0 Å². The van der Waals surface area contributed by atoms with Crippen LogP contribution < -0.4 is 10.1 Å². The maximum absolute atomic E-state index is 6.11. The summed E-state index contributed by atoms with van der Waals surface area (Å²) in [6.45, 7) is 3.02. The molecule has 1 heterocycles. The van der Waals surface area contributed by atoms with Crippen LogP contribution >= 0.6 is 11.6 Å². The Labute approximate surface area is 118 Å². The predicted octanol–water partition coefficient (Wildman–Crippen LogP) is 4.03. The molecule has 2 aromatic rings. The van der Waals surface area contributed by atoms with Gasteiger partial charge in [0.25, 0.3) is 0 Å². The Morgan fingerprint density at radius 1 is 1.26 bits per heavy atom. The molecule has 102 valence electrons. The summed E-state index contributed by atoms with van der Waals surface area (Å²) in [7, 11) is 1.67. The van der Waals surface area contributed by atoms with E-state index in [1.54, 1.807) is 13.4 Å². The standard InChI is InChI=1S/C15H18ClNO2/c1-3-9-17-14(12-8-10-19-15(12)16)11-6-4-5-7-13(11)18-2/h4-8,10,14,17H,3,9H2,1-2H3. The second kappa shape index (κ2) is 6.64. The van der Waals surface area contributed by atoms with Gasteiger partial charge in [0.1, 0.15) is 5.75 Å². The van der Waals surface area contributed by atoms with Crippen molar-refractivity contribution in [1.82, 2.24) is 5.32 Å². The predicted molar refractivity (Wildman–Crippen MR) is 76.8 cm³/mol. The molecule has 0 radical (unpaired) electrons. The molecule has 1 N–H and O–H groups in total. The number of furan rings is 1. The summed E-state index contributed by atoms with van der Waals surface area (Å²) in [5.74, 6) is 0.841. The number of hydrogen-bond acceptors (Lipinski definition) is 3. The minimum atomic E-state index is -0.0256. The zero-order chi connectivity index (χ0) is 13.7. The third kappa shape index (κ3) is 3.11. The lowest BCUT2D eigenvalue weighted by Gasteiger charge is -2.20. The molecule has 4 heteroatoms. The van der Waals surface area contributed by atoms with Gasteiger partial charge in [0, 0.05) is 11.1 Å². The number of nitrogens with one attached hydrogen (secondary N) is 1. The van der Waals surface area contributed by atoms with Crippen molar-refractivity contribution < 1.29 is 9.15 Å². The number of rotatable bonds is 6. The van der Waals surface area contributed by atoms with Crippen LogP contribution in [0.1, 0.15) is 30.5 Å². The van der Waals surface area contributed by atoms with Crippen molar-refractivity contribution in [3.05, 3.63) is 52.9 Å². The van der Waals surface area contributed by atoms with Crippen molar-refractivity contribution in [1.29, 1.82) is 0 Å². The van der Waals surface area contributed by atoms with Crippen LogP contribution in [0.2, 0.25) is 5.22 Å². The molecule has 0 aliphatic carbocycles. The number of para-hydroxylation sites is 1. The van der Waals surface area contributed by atoms with Gasteiger partial charge in [0.15, 0.2) is 5.22 Å². The second-order valence-electron chi connectivity index (χ2n) is 4.28. The molecule has 1 atom stereocenters. The average Bonchev–Trinajstić information content (AvgIpc) is 2.86. The van der Waals surface area contributed by atoms with Gasteiger partial charge in [-0.3, -0.25) is 0 Å². The molecule has 0 aliphatic rings. The van der Waals surface area contributed by atoms with E-state index in [4.69, 9.17) is 20.8 Å². The molecule has 1 aromatic heterocycles. The van der Waals surface area contributed by atoms with Crippen LogP contribution in [-0.4, -0.2) is 13.7 Å². The third-order valence-corrected chi connectivity index (χ3v) is 3.31. The molecule has 1 unspecified atom stereocenters. The fraction of sp³-hybridized carbons (Fsp3) is 0.333. The van der Waals surface area contributed by atoms with Crippen molar-refractivity contribution in [3.63, 3.8) is 0 Å². The highest BCUT2D eigenvalue weighted by atomic mass is 35.5. The molecular formula is C15H18ClNO2. The first kappa shape index (κ1) is 14.0. The van der Waals surface area contributed by atoms with E-state index in [-0.39, 0.29) is 6.04 Å². The fourth-order valence-corrected chi connectivity index (χ4v) is 2.31. The second-order valence-corrected chi connectivity index (χ2v) is 4.62. The van der Waals surface area contributed by atoms with E-state index in [1.165, 1.54) is 0 Å². The Balaban J connectivity index is 2.40. The van der Waals surface area contributed by atoms with E-state index in [9.17, 15) is 0 Å². The summed E-state index contributed by atoms with van der Waals surface area (Å²) in [6.07, 6.45) is 2.65. The first-order valence-corrected chi connectivity index (χ1v) is 6.75. The normalized spacial score (nSPS) is 12.4. The van der Waals surface area contributed by atoms with E-state index in [0.717, 1.165) is 29.8 Å².